The van der Waals surface area contributed by atoms with Crippen LogP contribution in [0.5, 0.6) is 0 Å². The molecule has 13 heterocycles. The molecule has 10 aliphatic rings. The Morgan fingerprint density at radius 3 is 0.993 bits per heavy atom. The van der Waals surface area contributed by atoms with Crippen LogP contribution in [0.15, 0.2) is 18.6 Å². The summed E-state index contributed by atoms with van der Waals surface area (Å²) in [7, 11) is -0.260. The Morgan fingerprint density at radius 2 is 0.671 bits per heavy atom. The van der Waals surface area contributed by atoms with E-state index < -0.39 is 113 Å². The van der Waals surface area contributed by atoms with Gasteiger partial charge in [-0.1, -0.05) is 34.9 Å². The van der Waals surface area contributed by atoms with Gasteiger partial charge in [-0.15, -0.1) is 15.3 Å². The van der Waals surface area contributed by atoms with Crippen LogP contribution in [0.1, 0.15) is 158 Å². The molecular weight excluding hydrogens is 1840 g/mol. The first-order valence-electron chi connectivity index (χ1n) is 49.2. The molecule has 0 spiro atoms. The van der Waals surface area contributed by atoms with Gasteiger partial charge in [-0.3, -0.25) is 24.0 Å². The van der Waals surface area contributed by atoms with Crippen LogP contribution in [0.2, 0.25) is 6.32 Å². The van der Waals surface area contributed by atoms with Crippen molar-refractivity contribution in [1.82, 2.24) is 71.6 Å². The molecule has 140 heavy (non-hydrogen) atoms. The standard InChI is InChI=1S/C91H151BN14O34/c1-63(107)94-71-74-77(133-85(8,9)130-74)89(60-127-80(71)136-89)57-121-45-42-118-39-36-115-33-30-112-27-24-104-48-66(98-101-104)51-124-54-88(97-70(111)21-17-15-19-23-93-69(110)20-16-14-18-22-92-139-83(4,5)84(6,7)140-92,55-125-52-67-49-105(102-99-67)25-28-113-31-34-116-37-40-119-43-46-122-58-90-61-128-81(137-90)72(95-64(2)108)75-78(90)134-86(10,11)131-75)56-126-53-68-50-106(103-100-68)26-29-114-32-35-117-38-41-120-44-47-123-59-91-62-129-82(138-91)73(96-65(3)109)76-79(91)135-87(12,13)132-76/h48-50,71-82H,14-47,51-62H2,1-13H3,(H,93,110)(H,94,107)(H,95,108)(H,96,109)(H,97,111)/t71-,72-,73-,74-,75-,76-,77-,78-,79-,80+,81+,82+,89+,90+,91+/m1/s1. The number of nitrogens with zero attached hydrogens (tertiary/aromatic N) is 9. The Hall–Kier alpha value is -6.33. The Kier molecular flexibility index (Phi) is 41.8. The summed E-state index contributed by atoms with van der Waals surface area (Å²) in [6, 6.07) is -1.57. The van der Waals surface area contributed by atoms with E-state index in [1.54, 1.807) is 32.6 Å². The van der Waals surface area contributed by atoms with E-state index >= 15 is 0 Å². The molecule has 0 radical (unpaired) electrons. The van der Waals surface area contributed by atoms with Crippen molar-refractivity contribution >= 4 is 36.7 Å². The summed E-state index contributed by atoms with van der Waals surface area (Å²) in [5.41, 5.74) is -3.21. The number of rotatable bonds is 70. The van der Waals surface area contributed by atoms with Crippen LogP contribution in [0.25, 0.3) is 0 Å². The number of carbonyl (C=O) groups excluding carboxylic acids is 5. The molecule has 3 aromatic rings. The highest BCUT2D eigenvalue weighted by Gasteiger charge is 2.69. The van der Waals surface area contributed by atoms with Crippen molar-refractivity contribution in [3.05, 3.63) is 35.7 Å². The Labute approximate surface area is 818 Å². The van der Waals surface area contributed by atoms with E-state index in [0.29, 0.717) is 208 Å². The molecule has 10 saturated heterocycles. The van der Waals surface area contributed by atoms with Gasteiger partial charge >= 0.3 is 7.12 Å². The van der Waals surface area contributed by atoms with E-state index in [-0.39, 0.29) is 134 Å². The Balaban J connectivity index is 0.542. The van der Waals surface area contributed by atoms with Crippen LogP contribution in [0, 0.1) is 0 Å². The summed E-state index contributed by atoms with van der Waals surface area (Å²) >= 11 is 0. The highest BCUT2D eigenvalue weighted by molar-refractivity contribution is 6.45. The normalized spacial score (nSPS) is 27.9. The van der Waals surface area contributed by atoms with Crippen molar-refractivity contribution < 1.29 is 161 Å². The van der Waals surface area contributed by atoms with Crippen molar-refractivity contribution in [2.24, 2.45) is 0 Å². The molecule has 49 heteroatoms. The maximum absolute atomic E-state index is 14.4. The van der Waals surface area contributed by atoms with Gasteiger partial charge in [-0.05, 0) is 94.8 Å². The zero-order chi connectivity index (χ0) is 99.3. The van der Waals surface area contributed by atoms with E-state index in [0.717, 1.165) is 25.6 Å². The summed E-state index contributed by atoms with van der Waals surface area (Å²) in [5.74, 6) is -3.58. The van der Waals surface area contributed by atoms with Gasteiger partial charge < -0.3 is 164 Å². The molecule has 10 fully saturated rings. The van der Waals surface area contributed by atoms with Crippen molar-refractivity contribution in [2.45, 2.75) is 312 Å². The van der Waals surface area contributed by atoms with Crippen molar-refractivity contribution in [3.63, 3.8) is 0 Å². The van der Waals surface area contributed by atoms with Gasteiger partial charge in [0.1, 0.15) is 94.2 Å². The third kappa shape index (κ3) is 32.6. The minimum absolute atomic E-state index is 0.00558. The van der Waals surface area contributed by atoms with Crippen LogP contribution in [0.3, 0.4) is 0 Å². The van der Waals surface area contributed by atoms with Crippen LogP contribution >= 0.6 is 0 Å². The number of carbonyl (C=O) groups is 5. The molecule has 15 atom stereocenters. The molecule has 13 rings (SSSR count). The molecular formula is C91H151BN14O34. The molecule has 0 saturated carbocycles. The molecule has 5 amide bonds. The number of hydrogen-bond acceptors (Lipinski definition) is 40. The maximum Gasteiger partial charge on any atom is 0.457 e. The van der Waals surface area contributed by atoms with Crippen molar-refractivity contribution in [1.29, 1.82) is 0 Å². The quantitative estimate of drug-likeness (QED) is 0.0392. The first-order chi connectivity index (χ1) is 67.2. The van der Waals surface area contributed by atoms with Gasteiger partial charge in [0.2, 0.25) is 29.5 Å². The summed E-state index contributed by atoms with van der Waals surface area (Å²) < 4.78 is 181. The summed E-state index contributed by atoms with van der Waals surface area (Å²) in [6.45, 7) is 32.9. The fourth-order valence-corrected chi connectivity index (χ4v) is 18.1. The van der Waals surface area contributed by atoms with E-state index in [9.17, 15) is 24.0 Å². The van der Waals surface area contributed by atoms with E-state index in [4.69, 9.17) is 137 Å². The molecule has 6 bridgehead atoms. The average Bonchev–Trinajstić information content (AvgIpc) is 1.57. The fraction of sp³-hybridized carbons (Fsp3) is 0.879. The monoisotopic (exact) mass is 2000 g/mol. The summed E-state index contributed by atoms with van der Waals surface area (Å²) in [6.07, 6.45) is 5.97. The highest BCUT2D eigenvalue weighted by atomic mass is 16.8. The first kappa shape index (κ1) is 111. The smallest absolute Gasteiger partial charge is 0.403 e. The third-order valence-corrected chi connectivity index (χ3v) is 25.4. The van der Waals surface area contributed by atoms with Gasteiger partial charge in [0.05, 0.1) is 267 Å². The number of aromatic nitrogens is 9. The summed E-state index contributed by atoms with van der Waals surface area (Å²) in [5, 5.41) is 41.1. The molecule has 0 aliphatic carbocycles. The fourth-order valence-electron chi connectivity index (χ4n) is 18.1. The molecule has 5 N–H and O–H groups in total. The van der Waals surface area contributed by atoms with E-state index in [2.05, 4.69) is 57.5 Å². The number of amides is 5. The highest BCUT2D eigenvalue weighted by Crippen LogP contribution is 2.50. The number of unbranched alkanes of at least 4 members (excludes halogenated alkanes) is 4. The van der Waals surface area contributed by atoms with Gasteiger partial charge in [-0.25, -0.2) is 14.0 Å². The second-order valence-corrected chi connectivity index (χ2v) is 39.2. The zero-order valence-corrected chi connectivity index (χ0v) is 83.7. The number of fused-ring (bicyclic) bond motifs is 12. The van der Waals surface area contributed by atoms with Gasteiger partial charge in [0.25, 0.3) is 0 Å². The minimum atomic E-state index is -1.30. The third-order valence-electron chi connectivity index (χ3n) is 25.4. The predicted molar refractivity (Wildman–Crippen MR) is 486 cm³/mol. The Bertz CT molecular complexity index is 3910. The van der Waals surface area contributed by atoms with Gasteiger partial charge in [0.15, 0.2) is 36.2 Å². The second-order valence-electron chi connectivity index (χ2n) is 39.2. The van der Waals surface area contributed by atoms with E-state index in [1.807, 2.05) is 69.2 Å². The zero-order valence-electron chi connectivity index (χ0n) is 83.7. The SMILES string of the molecule is CC(=O)N[C@H]1[C@H]2OC[C@](COCCOCCOCCOCCn3cc(COCC(COCc4cn(CCOCCOCCOCCOC[C@@]56CO[C@@H](O5)[C@H](NC(C)=O)[C@H]5OC(C)(C)O[C@H]56)nn4)(COCc4cn(CCOCCOCCOCCOC[C@@]56CO[C@@H](O5)[C@H](NC(C)=O)[C@H]5OC(C)(C)O[C@H]56)nn4)NC(=O)CCCCCNC(=O)CCCCCB4OC(C)(C)C(C)(C)O4)nn3)(O2)[C@@H]2OC(C)(C)O[C@H]12. The lowest BCUT2D eigenvalue weighted by molar-refractivity contribution is -0.214. The maximum atomic E-state index is 14.4. The van der Waals surface area contributed by atoms with Gasteiger partial charge in [-0.2, -0.15) is 0 Å². The van der Waals surface area contributed by atoms with Crippen molar-refractivity contribution in [2.75, 3.05) is 205 Å². The topological polar surface area (TPSA) is 505 Å². The number of hydrogen-bond donors (Lipinski definition) is 5. The lowest BCUT2D eigenvalue weighted by Crippen LogP contribution is -2.65. The molecule has 792 valence electrons. The lowest BCUT2D eigenvalue weighted by Gasteiger charge is -2.42. The molecule has 0 aromatic carbocycles. The molecule has 3 aromatic heterocycles. The number of nitrogens with one attached hydrogen (secondary N) is 5. The Morgan fingerprint density at radius 1 is 0.371 bits per heavy atom. The van der Waals surface area contributed by atoms with E-state index in [1.165, 1.54) is 20.8 Å². The van der Waals surface area contributed by atoms with Crippen LogP contribution in [0.4, 0.5) is 0 Å². The van der Waals surface area contributed by atoms with Crippen LogP contribution < -0.4 is 26.6 Å². The minimum Gasteiger partial charge on any atom is -0.403 e. The van der Waals surface area contributed by atoms with Gasteiger partial charge in [0, 0.05) is 40.2 Å². The second kappa shape index (κ2) is 52.8. The van der Waals surface area contributed by atoms with Crippen LogP contribution in [-0.2, 0) is 201 Å². The lowest BCUT2D eigenvalue weighted by atomic mass is 9.82. The largest absolute Gasteiger partial charge is 0.457 e. The van der Waals surface area contributed by atoms with Crippen molar-refractivity contribution in [3.8, 4) is 0 Å². The average molecular weight is 2000 g/mol. The first-order valence-corrected chi connectivity index (χ1v) is 49.2. The summed E-state index contributed by atoms with van der Waals surface area (Å²) in [4.78, 5) is 63.3. The predicted octanol–water partition coefficient (Wildman–Crippen LogP) is 1.24. The number of ether oxygens (including phenoxy) is 27. The molecule has 0 unspecified atom stereocenters. The molecule has 48 nitrogen and oxygen atoms in total. The molecule has 10 aliphatic heterocycles. The van der Waals surface area contributed by atoms with Crippen LogP contribution in [-0.4, -0.2) is 411 Å².